The molecule has 0 unspecified atom stereocenters. The minimum absolute atomic E-state index is 0.316. The van der Waals surface area contributed by atoms with E-state index in [0.29, 0.717) is 31.6 Å². The van der Waals surface area contributed by atoms with Crippen LogP contribution >= 0.6 is 0 Å². The third-order valence-electron chi connectivity index (χ3n) is 4.52. The second-order valence-electron chi connectivity index (χ2n) is 5.81. The fourth-order valence-corrected chi connectivity index (χ4v) is 3.23. The number of carboxylic acids is 1. The van der Waals surface area contributed by atoms with Gasteiger partial charge in [0.25, 0.3) is 5.92 Å². The van der Waals surface area contributed by atoms with Gasteiger partial charge in [-0.15, -0.1) is 0 Å². The number of hydrogen-bond donors (Lipinski definition) is 2. The van der Waals surface area contributed by atoms with Crippen molar-refractivity contribution in [1.29, 1.82) is 0 Å². The van der Waals surface area contributed by atoms with Crippen LogP contribution < -0.4 is 0 Å². The number of aliphatic hydroxyl groups is 1. The Hall–Kier alpha value is -0.710. The summed E-state index contributed by atoms with van der Waals surface area (Å²) in [6.45, 7) is 2.03. The fraction of sp³-hybridized carbons (Fsp3) is 0.917. The predicted molar refractivity (Wildman–Crippen MR) is 56.8 cm³/mol. The highest BCUT2D eigenvalue weighted by atomic mass is 19.3. The molecular formula is C12H18F2O3. The van der Waals surface area contributed by atoms with Gasteiger partial charge in [0.15, 0.2) is 0 Å². The first-order chi connectivity index (χ1) is 7.71. The Morgan fingerprint density at radius 3 is 2.06 bits per heavy atom. The van der Waals surface area contributed by atoms with Gasteiger partial charge in [0, 0.05) is 12.8 Å². The molecule has 2 fully saturated rings. The Morgan fingerprint density at radius 1 is 1.24 bits per heavy atom. The van der Waals surface area contributed by atoms with E-state index in [9.17, 15) is 23.8 Å². The molecule has 0 aromatic rings. The SMILES string of the molecule is CC1CCC(O)(C2(C(=O)O)CC(F)(F)C2)CC1. The normalized spacial score (nSPS) is 39.4. The molecule has 2 saturated carbocycles. The van der Waals surface area contributed by atoms with Crippen LogP contribution in [0.1, 0.15) is 45.4 Å². The molecule has 0 aromatic carbocycles. The lowest BCUT2D eigenvalue weighted by Gasteiger charge is -2.55. The second kappa shape index (κ2) is 3.64. The van der Waals surface area contributed by atoms with Crippen molar-refractivity contribution >= 4 is 5.97 Å². The zero-order valence-electron chi connectivity index (χ0n) is 9.88. The summed E-state index contributed by atoms with van der Waals surface area (Å²) in [6.07, 6.45) is 0.599. The van der Waals surface area contributed by atoms with E-state index in [4.69, 9.17) is 0 Å². The number of hydrogen-bond acceptors (Lipinski definition) is 2. The van der Waals surface area contributed by atoms with Crippen molar-refractivity contribution in [1.82, 2.24) is 0 Å². The number of alkyl halides is 2. The molecule has 0 aromatic heterocycles. The van der Waals surface area contributed by atoms with Gasteiger partial charge in [0.2, 0.25) is 0 Å². The summed E-state index contributed by atoms with van der Waals surface area (Å²) in [4.78, 5) is 11.3. The summed E-state index contributed by atoms with van der Waals surface area (Å²) in [5.74, 6) is -3.78. The third-order valence-corrected chi connectivity index (χ3v) is 4.52. The van der Waals surface area contributed by atoms with E-state index in [1.54, 1.807) is 0 Å². The second-order valence-corrected chi connectivity index (χ2v) is 5.81. The van der Waals surface area contributed by atoms with Gasteiger partial charge in [-0.05, 0) is 31.6 Å². The summed E-state index contributed by atoms with van der Waals surface area (Å²) < 4.78 is 26.0. The molecule has 0 heterocycles. The number of carboxylic acid groups (broad SMARTS) is 1. The highest BCUT2D eigenvalue weighted by molar-refractivity contribution is 5.78. The molecular weight excluding hydrogens is 230 g/mol. The van der Waals surface area contributed by atoms with Crippen molar-refractivity contribution in [2.45, 2.75) is 57.0 Å². The third kappa shape index (κ3) is 1.84. The van der Waals surface area contributed by atoms with Crippen molar-refractivity contribution in [2.75, 3.05) is 0 Å². The van der Waals surface area contributed by atoms with E-state index in [0.717, 1.165) is 0 Å². The number of carbonyl (C=O) groups is 1. The van der Waals surface area contributed by atoms with Crippen LogP contribution in [0.15, 0.2) is 0 Å². The largest absolute Gasteiger partial charge is 0.481 e. The lowest BCUT2D eigenvalue weighted by molar-refractivity contribution is -0.251. The molecule has 0 aliphatic heterocycles. The first-order valence-electron chi connectivity index (χ1n) is 6.04. The van der Waals surface area contributed by atoms with Crippen LogP contribution in [0.5, 0.6) is 0 Å². The van der Waals surface area contributed by atoms with E-state index >= 15 is 0 Å². The topological polar surface area (TPSA) is 57.5 Å². The Bertz CT molecular complexity index is 325. The van der Waals surface area contributed by atoms with E-state index < -0.39 is 35.7 Å². The van der Waals surface area contributed by atoms with Crippen molar-refractivity contribution in [3.63, 3.8) is 0 Å². The molecule has 0 saturated heterocycles. The summed E-state index contributed by atoms with van der Waals surface area (Å²) in [6, 6.07) is 0. The zero-order chi connectivity index (χ0) is 12.9. The molecule has 98 valence electrons. The lowest BCUT2D eigenvalue weighted by atomic mass is 9.52. The van der Waals surface area contributed by atoms with Crippen LogP contribution in [0.2, 0.25) is 0 Å². The first kappa shape index (κ1) is 12.7. The predicted octanol–water partition coefficient (Wildman–Crippen LogP) is 2.43. The van der Waals surface area contributed by atoms with Crippen LogP contribution in [-0.4, -0.2) is 27.7 Å². The van der Waals surface area contributed by atoms with Gasteiger partial charge in [-0.1, -0.05) is 6.92 Å². The molecule has 0 amide bonds. The fourth-order valence-electron chi connectivity index (χ4n) is 3.23. The minimum Gasteiger partial charge on any atom is -0.481 e. The molecule has 2 N–H and O–H groups in total. The van der Waals surface area contributed by atoms with Crippen molar-refractivity contribution < 1.29 is 23.8 Å². The standard InChI is InChI=1S/C12H18F2O3/c1-8-2-4-11(17,5-3-8)10(9(15)16)6-12(13,14)7-10/h8,17H,2-7H2,1H3,(H,15,16). The van der Waals surface area contributed by atoms with Crippen molar-refractivity contribution in [3.05, 3.63) is 0 Å². The molecule has 0 atom stereocenters. The van der Waals surface area contributed by atoms with Gasteiger partial charge >= 0.3 is 5.97 Å². The van der Waals surface area contributed by atoms with E-state index in [-0.39, 0.29) is 0 Å². The average Bonchev–Trinajstić information content (AvgIpc) is 2.18. The Balaban J connectivity index is 2.21. The van der Waals surface area contributed by atoms with Crippen LogP contribution in [0.25, 0.3) is 0 Å². The number of rotatable bonds is 2. The van der Waals surface area contributed by atoms with Crippen molar-refractivity contribution in [3.8, 4) is 0 Å². The van der Waals surface area contributed by atoms with Gasteiger partial charge in [-0.25, -0.2) is 8.78 Å². The molecule has 0 bridgehead atoms. The molecule has 2 aliphatic carbocycles. The van der Waals surface area contributed by atoms with Gasteiger partial charge in [-0.2, -0.15) is 0 Å². The van der Waals surface area contributed by atoms with Crippen LogP contribution in [0, 0.1) is 11.3 Å². The summed E-state index contributed by atoms with van der Waals surface area (Å²) in [5, 5.41) is 19.7. The maximum atomic E-state index is 13.0. The molecule has 2 rings (SSSR count). The van der Waals surface area contributed by atoms with Gasteiger partial charge in [0.1, 0.15) is 5.41 Å². The molecule has 17 heavy (non-hydrogen) atoms. The van der Waals surface area contributed by atoms with Gasteiger partial charge in [0.05, 0.1) is 5.60 Å². The maximum Gasteiger partial charge on any atom is 0.313 e. The van der Waals surface area contributed by atoms with Gasteiger partial charge in [-0.3, -0.25) is 4.79 Å². The Kier molecular flexibility index (Phi) is 2.73. The lowest BCUT2D eigenvalue weighted by Crippen LogP contribution is -2.65. The minimum atomic E-state index is -2.93. The smallest absolute Gasteiger partial charge is 0.313 e. The van der Waals surface area contributed by atoms with Crippen LogP contribution in [0.3, 0.4) is 0 Å². The van der Waals surface area contributed by atoms with E-state index in [1.807, 2.05) is 6.92 Å². The van der Waals surface area contributed by atoms with E-state index in [1.165, 1.54) is 0 Å². The highest BCUT2D eigenvalue weighted by Gasteiger charge is 2.70. The maximum absolute atomic E-state index is 13.0. The molecule has 0 radical (unpaired) electrons. The van der Waals surface area contributed by atoms with Crippen molar-refractivity contribution in [2.24, 2.45) is 11.3 Å². The van der Waals surface area contributed by atoms with E-state index in [2.05, 4.69) is 0 Å². The Labute approximate surface area is 98.8 Å². The quantitative estimate of drug-likeness (QED) is 0.789. The number of aliphatic carboxylic acids is 1. The van der Waals surface area contributed by atoms with Crippen LogP contribution in [0.4, 0.5) is 8.78 Å². The summed E-state index contributed by atoms with van der Waals surface area (Å²) in [7, 11) is 0. The first-order valence-corrected chi connectivity index (χ1v) is 6.04. The summed E-state index contributed by atoms with van der Waals surface area (Å²) >= 11 is 0. The average molecular weight is 248 g/mol. The Morgan fingerprint density at radius 2 is 1.71 bits per heavy atom. The molecule has 0 spiro atoms. The zero-order valence-corrected chi connectivity index (χ0v) is 9.88. The molecule has 2 aliphatic rings. The van der Waals surface area contributed by atoms with Gasteiger partial charge < -0.3 is 10.2 Å². The molecule has 3 nitrogen and oxygen atoms in total. The highest BCUT2D eigenvalue weighted by Crippen LogP contribution is 2.61. The summed E-state index contributed by atoms with van der Waals surface area (Å²) in [5.41, 5.74) is -3.08. The monoisotopic (exact) mass is 248 g/mol. The molecule has 5 heteroatoms. The number of halogens is 2. The van der Waals surface area contributed by atoms with Crippen LogP contribution in [-0.2, 0) is 4.79 Å².